The van der Waals surface area contributed by atoms with Gasteiger partial charge in [0.25, 0.3) is 0 Å². The monoisotopic (exact) mass is 289 g/mol. The van der Waals surface area contributed by atoms with Crippen LogP contribution in [-0.4, -0.2) is 29.9 Å². The molecule has 1 saturated heterocycles. The summed E-state index contributed by atoms with van der Waals surface area (Å²) >= 11 is 0. The number of rotatable bonds is 5. The van der Waals surface area contributed by atoms with Crippen LogP contribution in [0.3, 0.4) is 0 Å². The third-order valence-electron chi connectivity index (χ3n) is 3.61. The molecule has 114 valence electrons. The molecular formula is C16H23N3O2. The summed E-state index contributed by atoms with van der Waals surface area (Å²) in [6, 6.07) is 9.30. The van der Waals surface area contributed by atoms with Crippen molar-refractivity contribution in [3.63, 3.8) is 0 Å². The van der Waals surface area contributed by atoms with Crippen LogP contribution in [0.4, 0.5) is 0 Å². The Bertz CT molecular complexity index is 470. The number of piperidine rings is 1. The Kier molecular flexibility index (Phi) is 5.75. The zero-order valence-electron chi connectivity index (χ0n) is 12.5. The van der Waals surface area contributed by atoms with E-state index in [2.05, 4.69) is 10.7 Å². The summed E-state index contributed by atoms with van der Waals surface area (Å²) < 4.78 is 0. The van der Waals surface area contributed by atoms with Gasteiger partial charge in [0.1, 0.15) is 0 Å². The first-order valence-corrected chi connectivity index (χ1v) is 7.51. The van der Waals surface area contributed by atoms with Gasteiger partial charge in [0.15, 0.2) is 0 Å². The summed E-state index contributed by atoms with van der Waals surface area (Å²) in [5.41, 5.74) is 3.88. The maximum atomic E-state index is 12.2. The lowest BCUT2D eigenvalue weighted by molar-refractivity contribution is -0.127. The minimum atomic E-state index is -0.284. The van der Waals surface area contributed by atoms with Gasteiger partial charge in [-0.25, -0.2) is 5.01 Å². The van der Waals surface area contributed by atoms with Gasteiger partial charge in [-0.1, -0.05) is 36.8 Å². The van der Waals surface area contributed by atoms with Crippen LogP contribution in [0.5, 0.6) is 0 Å². The number of hydrazine groups is 1. The summed E-state index contributed by atoms with van der Waals surface area (Å²) in [6.45, 7) is 3.28. The molecule has 2 rings (SSSR count). The highest BCUT2D eigenvalue weighted by molar-refractivity contribution is 5.78. The van der Waals surface area contributed by atoms with Gasteiger partial charge in [-0.15, -0.1) is 0 Å². The van der Waals surface area contributed by atoms with Crippen LogP contribution in [0.15, 0.2) is 30.3 Å². The van der Waals surface area contributed by atoms with E-state index in [-0.39, 0.29) is 24.3 Å². The normalized spacial score (nSPS) is 17.0. The quantitative estimate of drug-likeness (QED) is 0.868. The number of benzene rings is 1. The third kappa shape index (κ3) is 5.19. The molecule has 5 nitrogen and oxygen atoms in total. The standard InChI is InChI=1S/C16H23N3O2/c1-13(20)17-15(14-8-4-2-5-9-14)12-16(21)18-19-10-6-3-7-11-19/h2,4-5,8-9,15H,3,6-7,10-12H2,1H3,(H,17,20)(H,18,21)/t15-/m1/s1. The Morgan fingerprint density at radius 1 is 1.14 bits per heavy atom. The number of carbonyl (C=O) groups is 2. The van der Waals surface area contributed by atoms with Crippen LogP contribution in [0.2, 0.25) is 0 Å². The number of nitrogens with one attached hydrogen (secondary N) is 2. The summed E-state index contributed by atoms with van der Waals surface area (Å²) in [6.07, 6.45) is 3.72. The van der Waals surface area contributed by atoms with Crippen molar-refractivity contribution in [2.45, 2.75) is 38.6 Å². The fourth-order valence-electron chi connectivity index (χ4n) is 2.60. The lowest BCUT2D eigenvalue weighted by atomic mass is 10.0. The average Bonchev–Trinajstić information content (AvgIpc) is 2.48. The fourth-order valence-corrected chi connectivity index (χ4v) is 2.60. The largest absolute Gasteiger partial charge is 0.349 e. The molecule has 2 N–H and O–H groups in total. The van der Waals surface area contributed by atoms with Crippen molar-refractivity contribution >= 4 is 11.8 Å². The number of carbonyl (C=O) groups excluding carboxylic acids is 2. The van der Waals surface area contributed by atoms with E-state index in [1.165, 1.54) is 13.3 Å². The SMILES string of the molecule is CC(=O)N[C@H](CC(=O)NN1CCCCC1)c1ccccc1. The van der Waals surface area contributed by atoms with Crippen LogP contribution in [-0.2, 0) is 9.59 Å². The molecule has 1 aromatic carbocycles. The van der Waals surface area contributed by atoms with Gasteiger partial charge >= 0.3 is 0 Å². The Labute approximate surface area is 125 Å². The maximum Gasteiger partial charge on any atom is 0.236 e. The van der Waals surface area contributed by atoms with Crippen LogP contribution >= 0.6 is 0 Å². The predicted octanol–water partition coefficient (Wildman–Crippen LogP) is 1.77. The minimum Gasteiger partial charge on any atom is -0.349 e. The Balaban J connectivity index is 1.94. The van der Waals surface area contributed by atoms with Crippen molar-refractivity contribution < 1.29 is 9.59 Å². The Hall–Kier alpha value is -1.88. The second-order valence-corrected chi connectivity index (χ2v) is 5.45. The van der Waals surface area contributed by atoms with E-state index in [9.17, 15) is 9.59 Å². The van der Waals surface area contributed by atoms with Gasteiger partial charge in [-0.2, -0.15) is 0 Å². The average molecular weight is 289 g/mol. The number of hydrogen-bond donors (Lipinski definition) is 2. The van der Waals surface area contributed by atoms with E-state index in [1.807, 2.05) is 35.3 Å². The molecule has 1 atom stereocenters. The Morgan fingerprint density at radius 3 is 2.43 bits per heavy atom. The second-order valence-electron chi connectivity index (χ2n) is 5.45. The molecule has 0 aliphatic carbocycles. The molecule has 2 amide bonds. The highest BCUT2D eigenvalue weighted by atomic mass is 16.2. The molecule has 1 fully saturated rings. The smallest absolute Gasteiger partial charge is 0.236 e. The van der Waals surface area contributed by atoms with Gasteiger partial charge in [0, 0.05) is 20.0 Å². The van der Waals surface area contributed by atoms with Crippen LogP contribution in [0.25, 0.3) is 0 Å². The molecule has 0 radical (unpaired) electrons. The predicted molar refractivity (Wildman–Crippen MR) is 81.2 cm³/mol. The summed E-state index contributed by atoms with van der Waals surface area (Å²) in [4.78, 5) is 23.5. The van der Waals surface area contributed by atoms with E-state index in [1.54, 1.807) is 0 Å². The first kappa shape index (κ1) is 15.5. The first-order valence-electron chi connectivity index (χ1n) is 7.51. The van der Waals surface area contributed by atoms with E-state index in [4.69, 9.17) is 0 Å². The van der Waals surface area contributed by atoms with Gasteiger partial charge in [-0.05, 0) is 18.4 Å². The molecule has 1 aliphatic rings. The highest BCUT2D eigenvalue weighted by Crippen LogP contribution is 2.16. The van der Waals surface area contributed by atoms with Crippen LogP contribution in [0.1, 0.15) is 44.2 Å². The highest BCUT2D eigenvalue weighted by Gasteiger charge is 2.19. The number of hydrogen-bond acceptors (Lipinski definition) is 3. The van der Waals surface area contributed by atoms with Gasteiger partial charge in [-0.3, -0.25) is 15.0 Å². The Morgan fingerprint density at radius 2 is 1.81 bits per heavy atom. The van der Waals surface area contributed by atoms with Crippen molar-refractivity contribution in [3.8, 4) is 0 Å². The van der Waals surface area contributed by atoms with Crippen molar-refractivity contribution in [1.82, 2.24) is 15.8 Å². The van der Waals surface area contributed by atoms with Crippen molar-refractivity contribution in [2.24, 2.45) is 0 Å². The molecule has 1 aromatic rings. The summed E-state index contributed by atoms with van der Waals surface area (Å²) in [5.74, 6) is -0.186. The zero-order chi connectivity index (χ0) is 15.1. The first-order chi connectivity index (χ1) is 10.1. The van der Waals surface area contributed by atoms with E-state index >= 15 is 0 Å². The van der Waals surface area contributed by atoms with Crippen molar-refractivity contribution in [3.05, 3.63) is 35.9 Å². The van der Waals surface area contributed by atoms with Crippen LogP contribution < -0.4 is 10.7 Å². The molecule has 0 aromatic heterocycles. The van der Waals surface area contributed by atoms with Crippen LogP contribution in [0, 0.1) is 0 Å². The number of amides is 2. The van der Waals surface area contributed by atoms with Gasteiger partial charge < -0.3 is 5.32 Å². The topological polar surface area (TPSA) is 61.4 Å². The number of nitrogens with zero attached hydrogens (tertiary/aromatic N) is 1. The third-order valence-corrected chi connectivity index (χ3v) is 3.61. The molecule has 0 unspecified atom stereocenters. The lowest BCUT2D eigenvalue weighted by Gasteiger charge is -2.28. The molecule has 21 heavy (non-hydrogen) atoms. The molecule has 5 heteroatoms. The molecule has 1 aliphatic heterocycles. The van der Waals surface area contributed by atoms with Gasteiger partial charge in [0.2, 0.25) is 11.8 Å². The molecule has 0 spiro atoms. The summed E-state index contributed by atoms with van der Waals surface area (Å²) in [5, 5.41) is 4.82. The molecule has 1 heterocycles. The maximum absolute atomic E-state index is 12.2. The van der Waals surface area contributed by atoms with E-state index < -0.39 is 0 Å². The van der Waals surface area contributed by atoms with Gasteiger partial charge in [0.05, 0.1) is 12.5 Å². The lowest BCUT2D eigenvalue weighted by Crippen LogP contribution is -2.46. The zero-order valence-corrected chi connectivity index (χ0v) is 12.5. The second kappa shape index (κ2) is 7.78. The van der Waals surface area contributed by atoms with E-state index in [0.29, 0.717) is 0 Å². The molecular weight excluding hydrogens is 266 g/mol. The minimum absolute atomic E-state index is 0.0560. The fraction of sp³-hybridized carbons (Fsp3) is 0.500. The summed E-state index contributed by atoms with van der Waals surface area (Å²) in [7, 11) is 0. The van der Waals surface area contributed by atoms with Crippen molar-refractivity contribution in [2.75, 3.05) is 13.1 Å². The van der Waals surface area contributed by atoms with Crippen molar-refractivity contribution in [1.29, 1.82) is 0 Å². The molecule has 0 bridgehead atoms. The molecule has 0 saturated carbocycles. The van der Waals surface area contributed by atoms with E-state index in [0.717, 1.165) is 31.5 Å².